The third kappa shape index (κ3) is 3.37. The van der Waals surface area contributed by atoms with Gasteiger partial charge in [0, 0.05) is 25.3 Å². The molecule has 0 unspecified atom stereocenters. The first-order valence-corrected chi connectivity index (χ1v) is 6.17. The summed E-state index contributed by atoms with van der Waals surface area (Å²) >= 11 is 0. The number of anilines is 1. The van der Waals surface area contributed by atoms with Gasteiger partial charge in [0.25, 0.3) is 5.91 Å². The van der Waals surface area contributed by atoms with Crippen LogP contribution in [-0.4, -0.2) is 24.9 Å². The van der Waals surface area contributed by atoms with E-state index in [1.807, 2.05) is 43.3 Å². The lowest BCUT2D eigenvalue weighted by Crippen LogP contribution is -2.21. The molecule has 1 aromatic carbocycles. The van der Waals surface area contributed by atoms with Crippen LogP contribution in [0.3, 0.4) is 0 Å². The molecule has 0 bridgehead atoms. The van der Waals surface area contributed by atoms with Gasteiger partial charge in [-0.25, -0.2) is 0 Å². The summed E-state index contributed by atoms with van der Waals surface area (Å²) in [5, 5.41) is 3.25. The number of hydrogen-bond donors (Lipinski definition) is 1. The minimum Gasteiger partial charge on any atom is -0.465 e. The maximum absolute atomic E-state index is 11.7. The fourth-order valence-corrected chi connectivity index (χ4v) is 1.76. The summed E-state index contributed by atoms with van der Waals surface area (Å²) in [4.78, 5) is 13.3. The van der Waals surface area contributed by atoms with Crippen molar-refractivity contribution >= 4 is 11.6 Å². The molecule has 0 aliphatic heterocycles. The smallest absolute Gasteiger partial charge is 0.253 e. The van der Waals surface area contributed by atoms with Gasteiger partial charge in [0.1, 0.15) is 11.5 Å². The number of nitrogens with zero attached hydrogens (tertiary/aromatic N) is 1. The molecule has 0 spiro atoms. The molecular formula is C15H18N2O2. The molecule has 1 aromatic heterocycles. The summed E-state index contributed by atoms with van der Waals surface area (Å²) in [5.74, 6) is 1.81. The molecule has 1 heterocycles. The number of rotatable bonds is 4. The SMILES string of the molecule is Cc1ccc(CNc2ccc(C(=O)N(C)C)cc2)o1. The zero-order chi connectivity index (χ0) is 13.8. The Balaban J connectivity index is 1.97. The van der Waals surface area contributed by atoms with Gasteiger partial charge >= 0.3 is 0 Å². The molecule has 0 aliphatic rings. The van der Waals surface area contributed by atoms with Crippen LogP contribution in [0.1, 0.15) is 21.9 Å². The van der Waals surface area contributed by atoms with E-state index in [1.54, 1.807) is 19.0 Å². The molecule has 0 radical (unpaired) electrons. The number of amides is 1. The number of carbonyl (C=O) groups excluding carboxylic acids is 1. The van der Waals surface area contributed by atoms with Gasteiger partial charge in [0.15, 0.2) is 0 Å². The Bertz CT molecular complexity index is 556. The summed E-state index contributed by atoms with van der Waals surface area (Å²) in [5.41, 5.74) is 1.65. The number of nitrogens with one attached hydrogen (secondary N) is 1. The number of benzene rings is 1. The highest BCUT2D eigenvalue weighted by atomic mass is 16.3. The van der Waals surface area contributed by atoms with Gasteiger partial charge in [0.05, 0.1) is 6.54 Å². The Morgan fingerprint density at radius 2 is 1.84 bits per heavy atom. The van der Waals surface area contributed by atoms with Crippen LogP contribution in [0.2, 0.25) is 0 Å². The quantitative estimate of drug-likeness (QED) is 0.917. The van der Waals surface area contributed by atoms with Gasteiger partial charge in [-0.2, -0.15) is 0 Å². The first kappa shape index (κ1) is 13.2. The molecule has 4 nitrogen and oxygen atoms in total. The van der Waals surface area contributed by atoms with Crippen molar-refractivity contribution in [1.29, 1.82) is 0 Å². The van der Waals surface area contributed by atoms with Crippen LogP contribution in [-0.2, 0) is 6.54 Å². The molecule has 0 atom stereocenters. The molecular weight excluding hydrogens is 240 g/mol. The highest BCUT2D eigenvalue weighted by Gasteiger charge is 2.07. The lowest BCUT2D eigenvalue weighted by molar-refractivity contribution is 0.0827. The van der Waals surface area contributed by atoms with Gasteiger partial charge in [-0.3, -0.25) is 4.79 Å². The number of carbonyl (C=O) groups is 1. The minimum atomic E-state index is 0.00760. The molecule has 0 aliphatic carbocycles. The normalized spacial score (nSPS) is 10.3. The minimum absolute atomic E-state index is 0.00760. The highest BCUT2D eigenvalue weighted by molar-refractivity contribution is 5.94. The van der Waals surface area contributed by atoms with Crippen molar-refractivity contribution in [2.24, 2.45) is 0 Å². The van der Waals surface area contributed by atoms with Gasteiger partial charge < -0.3 is 14.6 Å². The summed E-state index contributed by atoms with van der Waals surface area (Å²) < 4.78 is 5.48. The van der Waals surface area contributed by atoms with Crippen molar-refractivity contribution in [3.63, 3.8) is 0 Å². The molecule has 2 rings (SSSR count). The van der Waals surface area contributed by atoms with Crippen molar-refractivity contribution in [1.82, 2.24) is 4.90 Å². The molecule has 0 saturated carbocycles. The molecule has 19 heavy (non-hydrogen) atoms. The molecule has 0 fully saturated rings. The van der Waals surface area contributed by atoms with Gasteiger partial charge in [-0.1, -0.05) is 0 Å². The van der Waals surface area contributed by atoms with E-state index in [0.29, 0.717) is 12.1 Å². The van der Waals surface area contributed by atoms with Crippen LogP contribution in [0.4, 0.5) is 5.69 Å². The summed E-state index contributed by atoms with van der Waals surface area (Å²) in [6, 6.07) is 11.3. The van der Waals surface area contributed by atoms with E-state index in [2.05, 4.69) is 5.32 Å². The van der Waals surface area contributed by atoms with E-state index < -0.39 is 0 Å². The van der Waals surface area contributed by atoms with Gasteiger partial charge in [-0.15, -0.1) is 0 Å². The fraction of sp³-hybridized carbons (Fsp3) is 0.267. The van der Waals surface area contributed by atoms with E-state index in [9.17, 15) is 4.79 Å². The average Bonchev–Trinajstić information content (AvgIpc) is 2.82. The summed E-state index contributed by atoms with van der Waals surface area (Å²) in [6.07, 6.45) is 0. The highest BCUT2D eigenvalue weighted by Crippen LogP contribution is 2.13. The molecule has 100 valence electrons. The zero-order valence-corrected chi connectivity index (χ0v) is 11.4. The monoisotopic (exact) mass is 258 g/mol. The second-order valence-corrected chi connectivity index (χ2v) is 4.64. The van der Waals surface area contributed by atoms with E-state index in [1.165, 1.54) is 0 Å². The van der Waals surface area contributed by atoms with Gasteiger partial charge in [-0.05, 0) is 43.3 Å². The summed E-state index contributed by atoms with van der Waals surface area (Å²) in [7, 11) is 3.49. The average molecular weight is 258 g/mol. The Morgan fingerprint density at radius 3 is 2.37 bits per heavy atom. The fourth-order valence-electron chi connectivity index (χ4n) is 1.76. The first-order valence-electron chi connectivity index (χ1n) is 6.17. The third-order valence-electron chi connectivity index (χ3n) is 2.80. The third-order valence-corrected chi connectivity index (χ3v) is 2.80. The maximum Gasteiger partial charge on any atom is 0.253 e. The first-order chi connectivity index (χ1) is 9.06. The second-order valence-electron chi connectivity index (χ2n) is 4.64. The van der Waals surface area contributed by atoms with Crippen molar-refractivity contribution < 1.29 is 9.21 Å². The van der Waals surface area contributed by atoms with E-state index >= 15 is 0 Å². The number of aryl methyl sites for hydroxylation is 1. The maximum atomic E-state index is 11.7. The lowest BCUT2D eigenvalue weighted by atomic mass is 10.2. The van der Waals surface area contributed by atoms with Crippen LogP contribution < -0.4 is 5.32 Å². The Kier molecular flexibility index (Phi) is 3.90. The topological polar surface area (TPSA) is 45.5 Å². The van der Waals surface area contributed by atoms with Crippen LogP contribution in [0.15, 0.2) is 40.8 Å². The van der Waals surface area contributed by atoms with Crippen molar-refractivity contribution in [2.75, 3.05) is 19.4 Å². The molecule has 2 aromatic rings. The van der Waals surface area contributed by atoms with Crippen molar-refractivity contribution in [3.8, 4) is 0 Å². The van der Waals surface area contributed by atoms with Crippen molar-refractivity contribution in [2.45, 2.75) is 13.5 Å². The van der Waals surface area contributed by atoms with Crippen LogP contribution >= 0.6 is 0 Å². The van der Waals surface area contributed by atoms with Crippen LogP contribution in [0.25, 0.3) is 0 Å². The van der Waals surface area contributed by atoms with E-state index in [0.717, 1.165) is 17.2 Å². The summed E-state index contributed by atoms with van der Waals surface area (Å²) in [6.45, 7) is 2.56. The van der Waals surface area contributed by atoms with Gasteiger partial charge in [0.2, 0.25) is 0 Å². The molecule has 1 amide bonds. The number of hydrogen-bond acceptors (Lipinski definition) is 3. The molecule has 1 N–H and O–H groups in total. The zero-order valence-electron chi connectivity index (χ0n) is 11.4. The molecule has 4 heteroatoms. The van der Waals surface area contributed by atoms with E-state index in [4.69, 9.17) is 4.42 Å². The Hall–Kier alpha value is -2.23. The Morgan fingerprint density at radius 1 is 1.16 bits per heavy atom. The molecule has 0 saturated heterocycles. The predicted octanol–water partition coefficient (Wildman–Crippen LogP) is 2.90. The number of furan rings is 1. The van der Waals surface area contributed by atoms with E-state index in [-0.39, 0.29) is 5.91 Å². The predicted molar refractivity (Wildman–Crippen MR) is 75.2 cm³/mol. The standard InChI is InChI=1S/C15H18N2O2/c1-11-4-9-14(19-11)10-16-13-7-5-12(6-8-13)15(18)17(2)3/h4-9,16H,10H2,1-3H3. The lowest BCUT2D eigenvalue weighted by Gasteiger charge is -2.11. The Labute approximate surface area is 113 Å². The van der Waals surface area contributed by atoms with Crippen LogP contribution in [0, 0.1) is 6.92 Å². The van der Waals surface area contributed by atoms with Crippen LogP contribution in [0.5, 0.6) is 0 Å². The second kappa shape index (κ2) is 5.61. The van der Waals surface area contributed by atoms with Crippen molar-refractivity contribution in [3.05, 3.63) is 53.5 Å². The largest absolute Gasteiger partial charge is 0.465 e.